The summed E-state index contributed by atoms with van der Waals surface area (Å²) in [6.07, 6.45) is 5.20. The van der Waals surface area contributed by atoms with E-state index in [0.29, 0.717) is 0 Å². The first kappa shape index (κ1) is 12.8. The number of halogens is 1. The van der Waals surface area contributed by atoms with Crippen LogP contribution in [-0.2, 0) is 0 Å². The molecule has 16 heavy (non-hydrogen) atoms. The molecule has 1 aliphatic heterocycles. The van der Waals surface area contributed by atoms with E-state index >= 15 is 0 Å². The Kier molecular flexibility index (Phi) is 4.55. The highest BCUT2D eigenvalue weighted by Crippen LogP contribution is 2.19. The van der Waals surface area contributed by atoms with E-state index < -0.39 is 5.97 Å². The molecular weight excluding hydrogens is 228 g/mol. The van der Waals surface area contributed by atoms with E-state index in [-0.39, 0.29) is 18.1 Å². The zero-order chi connectivity index (χ0) is 10.7. The number of aromatic nitrogens is 1. The van der Waals surface area contributed by atoms with Gasteiger partial charge in [-0.3, -0.25) is 0 Å². The molecule has 0 amide bonds. The highest BCUT2D eigenvalue weighted by Gasteiger charge is 2.13. The van der Waals surface area contributed by atoms with Gasteiger partial charge < -0.3 is 10.0 Å². The van der Waals surface area contributed by atoms with Crippen LogP contribution in [-0.4, -0.2) is 29.1 Å². The summed E-state index contributed by atoms with van der Waals surface area (Å²) < 4.78 is 0. The minimum Gasteiger partial charge on any atom is -0.477 e. The van der Waals surface area contributed by atoms with Crippen molar-refractivity contribution >= 4 is 24.1 Å². The number of hydrogen-bond acceptors (Lipinski definition) is 3. The molecule has 1 aromatic heterocycles. The first-order chi connectivity index (χ1) is 7.27. The Bertz CT molecular complexity index is 365. The Morgan fingerprint density at radius 1 is 1.31 bits per heavy atom. The molecule has 0 aliphatic carbocycles. The summed E-state index contributed by atoms with van der Waals surface area (Å²) in [7, 11) is 0. The molecule has 2 heterocycles. The van der Waals surface area contributed by atoms with Gasteiger partial charge in [0.2, 0.25) is 0 Å². The summed E-state index contributed by atoms with van der Waals surface area (Å²) in [6, 6.07) is 3.52. The van der Waals surface area contributed by atoms with Crippen LogP contribution in [0.15, 0.2) is 18.3 Å². The third-order valence-corrected chi connectivity index (χ3v) is 2.68. The number of hydrogen-bond donors (Lipinski definition) is 1. The Morgan fingerprint density at radius 3 is 2.62 bits per heavy atom. The monoisotopic (exact) mass is 242 g/mol. The predicted molar refractivity (Wildman–Crippen MR) is 64.5 cm³/mol. The molecule has 0 aromatic carbocycles. The fourth-order valence-electron chi connectivity index (χ4n) is 1.89. The van der Waals surface area contributed by atoms with Crippen molar-refractivity contribution in [2.24, 2.45) is 0 Å². The molecule has 1 N–H and O–H groups in total. The van der Waals surface area contributed by atoms with Crippen LogP contribution in [0.5, 0.6) is 0 Å². The van der Waals surface area contributed by atoms with Gasteiger partial charge in [-0.2, -0.15) is 0 Å². The molecule has 0 atom stereocenters. The maximum absolute atomic E-state index is 10.8. The third kappa shape index (κ3) is 2.85. The van der Waals surface area contributed by atoms with Crippen molar-refractivity contribution in [2.45, 2.75) is 19.3 Å². The molecule has 88 valence electrons. The lowest BCUT2D eigenvalue weighted by molar-refractivity contribution is 0.0690. The van der Waals surface area contributed by atoms with Crippen LogP contribution < -0.4 is 4.90 Å². The summed E-state index contributed by atoms with van der Waals surface area (Å²) >= 11 is 0. The molecule has 0 saturated carbocycles. The third-order valence-electron chi connectivity index (χ3n) is 2.68. The largest absolute Gasteiger partial charge is 0.477 e. The topological polar surface area (TPSA) is 53.4 Å². The fourth-order valence-corrected chi connectivity index (χ4v) is 1.89. The van der Waals surface area contributed by atoms with Crippen LogP contribution in [0.2, 0.25) is 0 Å². The molecule has 4 nitrogen and oxygen atoms in total. The number of nitrogens with zero attached hydrogens (tertiary/aromatic N) is 2. The zero-order valence-electron chi connectivity index (χ0n) is 8.93. The maximum atomic E-state index is 10.8. The second-order valence-electron chi connectivity index (χ2n) is 3.75. The van der Waals surface area contributed by atoms with Gasteiger partial charge in [0.1, 0.15) is 5.69 Å². The van der Waals surface area contributed by atoms with E-state index in [9.17, 15) is 4.79 Å². The molecule has 2 rings (SSSR count). The molecule has 0 radical (unpaired) electrons. The Hall–Kier alpha value is -1.29. The van der Waals surface area contributed by atoms with Crippen molar-refractivity contribution in [3.63, 3.8) is 0 Å². The Balaban J connectivity index is 0.00000128. The van der Waals surface area contributed by atoms with Gasteiger partial charge in [-0.15, -0.1) is 12.4 Å². The molecule has 1 aromatic rings. The molecule has 0 spiro atoms. The van der Waals surface area contributed by atoms with Gasteiger partial charge in [-0.05, 0) is 31.4 Å². The van der Waals surface area contributed by atoms with E-state index in [1.165, 1.54) is 19.3 Å². The van der Waals surface area contributed by atoms with Crippen molar-refractivity contribution < 1.29 is 9.90 Å². The summed E-state index contributed by atoms with van der Waals surface area (Å²) in [6.45, 7) is 2.03. The van der Waals surface area contributed by atoms with Crippen molar-refractivity contribution in [1.29, 1.82) is 0 Å². The Morgan fingerprint density at radius 2 is 2.00 bits per heavy atom. The van der Waals surface area contributed by atoms with Gasteiger partial charge in [-0.25, -0.2) is 9.78 Å². The lowest BCUT2D eigenvalue weighted by Crippen LogP contribution is -2.29. The van der Waals surface area contributed by atoms with Crippen molar-refractivity contribution in [3.05, 3.63) is 24.0 Å². The minimum atomic E-state index is -0.964. The second-order valence-corrected chi connectivity index (χ2v) is 3.75. The molecule has 5 heteroatoms. The number of aromatic carboxylic acids is 1. The molecule has 0 unspecified atom stereocenters. The van der Waals surface area contributed by atoms with Gasteiger partial charge in [0.15, 0.2) is 0 Å². The van der Waals surface area contributed by atoms with E-state index in [2.05, 4.69) is 9.88 Å². The minimum absolute atomic E-state index is 0. The van der Waals surface area contributed by atoms with E-state index in [1.807, 2.05) is 6.07 Å². The van der Waals surface area contributed by atoms with Crippen LogP contribution in [0.1, 0.15) is 29.8 Å². The highest BCUT2D eigenvalue weighted by molar-refractivity contribution is 5.86. The van der Waals surface area contributed by atoms with E-state index in [1.54, 1.807) is 12.3 Å². The van der Waals surface area contributed by atoms with Crippen LogP contribution in [0.4, 0.5) is 5.69 Å². The van der Waals surface area contributed by atoms with Crippen molar-refractivity contribution in [2.75, 3.05) is 18.0 Å². The fraction of sp³-hybridized carbons (Fsp3) is 0.455. The average molecular weight is 243 g/mol. The summed E-state index contributed by atoms with van der Waals surface area (Å²) in [5.41, 5.74) is 1.10. The summed E-state index contributed by atoms with van der Waals surface area (Å²) in [5, 5.41) is 8.83. The average Bonchev–Trinajstić information content (AvgIpc) is 2.30. The van der Waals surface area contributed by atoms with Crippen molar-refractivity contribution in [1.82, 2.24) is 4.98 Å². The van der Waals surface area contributed by atoms with Gasteiger partial charge in [0.05, 0.1) is 0 Å². The number of carboxylic acid groups (broad SMARTS) is 1. The number of piperidine rings is 1. The van der Waals surface area contributed by atoms with Crippen molar-refractivity contribution in [3.8, 4) is 0 Å². The van der Waals surface area contributed by atoms with Gasteiger partial charge >= 0.3 is 5.97 Å². The quantitative estimate of drug-likeness (QED) is 0.864. The predicted octanol–water partition coefficient (Wildman–Crippen LogP) is 2.19. The number of anilines is 1. The summed E-state index contributed by atoms with van der Waals surface area (Å²) in [4.78, 5) is 16.8. The number of rotatable bonds is 2. The molecule has 1 saturated heterocycles. The molecule has 1 fully saturated rings. The number of carbonyl (C=O) groups is 1. The second kappa shape index (κ2) is 5.70. The van der Waals surface area contributed by atoms with Crippen LogP contribution in [0, 0.1) is 0 Å². The molecule has 1 aliphatic rings. The van der Waals surface area contributed by atoms with Crippen LogP contribution in [0.3, 0.4) is 0 Å². The summed E-state index contributed by atoms with van der Waals surface area (Å²) in [5.74, 6) is -0.964. The first-order valence-corrected chi connectivity index (χ1v) is 5.21. The van der Waals surface area contributed by atoms with Crippen LogP contribution in [0.25, 0.3) is 0 Å². The number of carboxylic acids is 1. The smallest absolute Gasteiger partial charge is 0.354 e. The Labute approximate surface area is 101 Å². The van der Waals surface area contributed by atoms with Gasteiger partial charge in [0, 0.05) is 25.0 Å². The van der Waals surface area contributed by atoms with Gasteiger partial charge in [0.25, 0.3) is 0 Å². The highest BCUT2D eigenvalue weighted by atomic mass is 35.5. The normalized spacial score (nSPS) is 15.4. The lowest BCUT2D eigenvalue weighted by Gasteiger charge is -2.28. The number of pyridine rings is 1. The standard InChI is InChI=1S/C11H14N2O2.ClH/c14-11(15)10-8-9(4-5-12-10)13-6-2-1-3-7-13;/h4-5,8H,1-3,6-7H2,(H,14,15);1H. The van der Waals surface area contributed by atoms with E-state index in [4.69, 9.17) is 5.11 Å². The van der Waals surface area contributed by atoms with E-state index in [0.717, 1.165) is 18.8 Å². The lowest BCUT2D eigenvalue weighted by atomic mass is 10.1. The molecule has 0 bridgehead atoms. The zero-order valence-corrected chi connectivity index (χ0v) is 9.74. The SMILES string of the molecule is Cl.O=C(O)c1cc(N2CCCCC2)ccn1. The van der Waals surface area contributed by atoms with Gasteiger partial charge in [-0.1, -0.05) is 0 Å². The molecular formula is C11H15ClN2O2. The van der Waals surface area contributed by atoms with Crippen LogP contribution >= 0.6 is 12.4 Å². The maximum Gasteiger partial charge on any atom is 0.354 e. The first-order valence-electron chi connectivity index (χ1n) is 5.21.